The number of furan rings is 1. The summed E-state index contributed by atoms with van der Waals surface area (Å²) in [6.07, 6.45) is 4.97. The van der Waals surface area contributed by atoms with Gasteiger partial charge in [0.25, 0.3) is 0 Å². The molecule has 1 saturated heterocycles. The van der Waals surface area contributed by atoms with E-state index in [-0.39, 0.29) is 0 Å². The molecular weight excluding hydrogens is 356 g/mol. The fourth-order valence-corrected chi connectivity index (χ4v) is 3.71. The monoisotopic (exact) mass is 394 g/mol. The summed E-state index contributed by atoms with van der Waals surface area (Å²) >= 11 is 0. The van der Waals surface area contributed by atoms with E-state index in [2.05, 4.69) is 34.4 Å². The molecule has 2 N–H and O–H groups in total. The summed E-state index contributed by atoms with van der Waals surface area (Å²) in [5, 5.41) is 6.92. The van der Waals surface area contributed by atoms with Crippen molar-refractivity contribution in [2.24, 2.45) is 10.9 Å². The standard InChI is InChI=1S/C21H38N4O3/c1-4-18(5-2)20(25-10-14-26-15-11-25)16-24-21(22-3)23-9-7-12-27-17-19-8-6-13-28-19/h6,8,13,18,20H,4-5,7,9-12,14-17H2,1-3H3,(H2,22,23,24). The zero-order valence-electron chi connectivity index (χ0n) is 17.8. The lowest BCUT2D eigenvalue weighted by Gasteiger charge is -2.39. The topological polar surface area (TPSA) is 71.3 Å². The van der Waals surface area contributed by atoms with Gasteiger partial charge < -0.3 is 24.5 Å². The Hall–Kier alpha value is -1.57. The molecule has 0 saturated carbocycles. The Morgan fingerprint density at radius 2 is 2.04 bits per heavy atom. The number of ether oxygens (including phenoxy) is 2. The first kappa shape index (κ1) is 22.7. The molecule has 2 heterocycles. The van der Waals surface area contributed by atoms with E-state index in [1.165, 1.54) is 12.8 Å². The third-order valence-electron chi connectivity index (χ3n) is 5.39. The van der Waals surface area contributed by atoms with Crippen LogP contribution in [0.15, 0.2) is 27.8 Å². The molecule has 0 bridgehead atoms. The second kappa shape index (κ2) is 13.6. The molecule has 1 aromatic heterocycles. The van der Waals surface area contributed by atoms with Gasteiger partial charge in [-0.1, -0.05) is 26.7 Å². The average Bonchev–Trinajstić information content (AvgIpc) is 3.26. The molecule has 7 heteroatoms. The van der Waals surface area contributed by atoms with E-state index in [1.54, 1.807) is 6.26 Å². The molecular formula is C21H38N4O3. The molecule has 1 atom stereocenters. The molecule has 0 radical (unpaired) electrons. The summed E-state index contributed by atoms with van der Waals surface area (Å²) in [7, 11) is 1.82. The third-order valence-corrected chi connectivity index (χ3v) is 5.39. The van der Waals surface area contributed by atoms with Crippen molar-refractivity contribution in [3.63, 3.8) is 0 Å². The zero-order chi connectivity index (χ0) is 20.0. The van der Waals surface area contributed by atoms with Crippen LogP contribution in [0.3, 0.4) is 0 Å². The van der Waals surface area contributed by atoms with Crippen molar-refractivity contribution in [1.82, 2.24) is 15.5 Å². The van der Waals surface area contributed by atoms with E-state index < -0.39 is 0 Å². The quantitative estimate of drug-likeness (QED) is 0.322. The van der Waals surface area contributed by atoms with Crippen molar-refractivity contribution in [2.45, 2.75) is 45.8 Å². The predicted octanol–water partition coefficient (Wildman–Crippen LogP) is 2.49. The van der Waals surface area contributed by atoms with Crippen LogP contribution in [0.25, 0.3) is 0 Å². The van der Waals surface area contributed by atoms with E-state index >= 15 is 0 Å². The molecule has 2 rings (SSSR count). The van der Waals surface area contributed by atoms with Crippen molar-refractivity contribution in [3.8, 4) is 0 Å². The molecule has 1 unspecified atom stereocenters. The number of morpholine rings is 1. The van der Waals surface area contributed by atoms with Crippen LogP contribution in [0.4, 0.5) is 0 Å². The molecule has 28 heavy (non-hydrogen) atoms. The minimum atomic E-state index is 0.508. The highest BCUT2D eigenvalue weighted by Gasteiger charge is 2.26. The molecule has 1 aliphatic rings. The van der Waals surface area contributed by atoms with E-state index in [4.69, 9.17) is 13.9 Å². The summed E-state index contributed by atoms with van der Waals surface area (Å²) < 4.78 is 16.4. The summed E-state index contributed by atoms with van der Waals surface area (Å²) in [6, 6.07) is 4.31. The molecule has 0 aromatic carbocycles. The van der Waals surface area contributed by atoms with Gasteiger partial charge in [0, 0.05) is 45.9 Å². The Morgan fingerprint density at radius 3 is 2.68 bits per heavy atom. The molecule has 0 spiro atoms. The van der Waals surface area contributed by atoms with Crippen molar-refractivity contribution in [3.05, 3.63) is 24.2 Å². The van der Waals surface area contributed by atoms with E-state index in [9.17, 15) is 0 Å². The average molecular weight is 395 g/mol. The third kappa shape index (κ3) is 7.81. The maximum absolute atomic E-state index is 5.62. The second-order valence-electron chi connectivity index (χ2n) is 7.16. The van der Waals surface area contributed by atoms with Gasteiger partial charge in [-0.05, 0) is 24.5 Å². The summed E-state index contributed by atoms with van der Waals surface area (Å²) in [4.78, 5) is 6.94. The highest BCUT2D eigenvalue weighted by atomic mass is 16.5. The summed E-state index contributed by atoms with van der Waals surface area (Å²) in [5.41, 5.74) is 0. The lowest BCUT2D eigenvalue weighted by Crippen LogP contribution is -2.53. The van der Waals surface area contributed by atoms with Gasteiger partial charge in [-0.3, -0.25) is 9.89 Å². The molecule has 7 nitrogen and oxygen atoms in total. The Labute approximate surface area is 169 Å². The molecule has 1 fully saturated rings. The van der Waals surface area contributed by atoms with E-state index in [1.807, 2.05) is 19.2 Å². The van der Waals surface area contributed by atoms with Gasteiger partial charge in [0.15, 0.2) is 5.96 Å². The minimum absolute atomic E-state index is 0.508. The normalized spacial score (nSPS) is 17.1. The van der Waals surface area contributed by atoms with Crippen LogP contribution >= 0.6 is 0 Å². The number of hydrogen-bond donors (Lipinski definition) is 2. The van der Waals surface area contributed by atoms with Gasteiger partial charge in [-0.2, -0.15) is 0 Å². The SMILES string of the molecule is CCC(CC)C(CNC(=NC)NCCCOCc1ccco1)N1CCOCC1. The smallest absolute Gasteiger partial charge is 0.191 e. The molecule has 1 aliphatic heterocycles. The lowest BCUT2D eigenvalue weighted by atomic mass is 9.92. The van der Waals surface area contributed by atoms with Gasteiger partial charge in [0.1, 0.15) is 12.4 Å². The van der Waals surface area contributed by atoms with Gasteiger partial charge in [0.2, 0.25) is 0 Å². The summed E-state index contributed by atoms with van der Waals surface area (Å²) in [6.45, 7) is 11.2. The molecule has 0 amide bonds. The maximum Gasteiger partial charge on any atom is 0.191 e. The number of guanidine groups is 1. The zero-order valence-corrected chi connectivity index (χ0v) is 17.8. The first-order chi connectivity index (χ1) is 13.8. The maximum atomic E-state index is 5.62. The fourth-order valence-electron chi connectivity index (χ4n) is 3.71. The van der Waals surface area contributed by atoms with Crippen molar-refractivity contribution >= 4 is 5.96 Å². The van der Waals surface area contributed by atoms with Gasteiger partial charge in [-0.25, -0.2) is 0 Å². The first-order valence-corrected chi connectivity index (χ1v) is 10.6. The Kier molecular flexibility index (Phi) is 11.0. The van der Waals surface area contributed by atoms with Crippen molar-refractivity contribution in [2.75, 3.05) is 53.0 Å². The minimum Gasteiger partial charge on any atom is -0.467 e. The van der Waals surface area contributed by atoms with Crippen molar-refractivity contribution < 1.29 is 13.9 Å². The van der Waals surface area contributed by atoms with Crippen LogP contribution in [0.5, 0.6) is 0 Å². The molecule has 0 aliphatic carbocycles. The number of hydrogen-bond acceptors (Lipinski definition) is 5. The van der Waals surface area contributed by atoms with E-state index in [0.717, 1.165) is 57.5 Å². The molecule has 160 valence electrons. The second-order valence-corrected chi connectivity index (χ2v) is 7.16. The Morgan fingerprint density at radius 1 is 1.25 bits per heavy atom. The predicted molar refractivity (Wildman–Crippen MR) is 113 cm³/mol. The van der Waals surface area contributed by atoms with Gasteiger partial charge >= 0.3 is 0 Å². The van der Waals surface area contributed by atoms with Crippen LogP contribution in [0.1, 0.15) is 38.9 Å². The van der Waals surface area contributed by atoms with Crippen LogP contribution in [0.2, 0.25) is 0 Å². The van der Waals surface area contributed by atoms with Crippen LogP contribution in [0, 0.1) is 5.92 Å². The van der Waals surface area contributed by atoms with Gasteiger partial charge in [-0.15, -0.1) is 0 Å². The fraction of sp³-hybridized carbons (Fsp3) is 0.762. The number of rotatable bonds is 12. The number of aliphatic imine (C=N–C) groups is 1. The van der Waals surface area contributed by atoms with Crippen LogP contribution < -0.4 is 10.6 Å². The van der Waals surface area contributed by atoms with Crippen molar-refractivity contribution in [1.29, 1.82) is 0 Å². The highest BCUT2D eigenvalue weighted by molar-refractivity contribution is 5.79. The van der Waals surface area contributed by atoms with E-state index in [0.29, 0.717) is 25.2 Å². The number of nitrogens with one attached hydrogen (secondary N) is 2. The Bertz CT molecular complexity index is 526. The van der Waals surface area contributed by atoms with Crippen LogP contribution in [-0.4, -0.2) is 69.9 Å². The number of nitrogens with zero attached hydrogens (tertiary/aromatic N) is 2. The van der Waals surface area contributed by atoms with Crippen LogP contribution in [-0.2, 0) is 16.1 Å². The first-order valence-electron chi connectivity index (χ1n) is 10.6. The Balaban J connectivity index is 1.68. The van der Waals surface area contributed by atoms with Gasteiger partial charge in [0.05, 0.1) is 19.5 Å². The summed E-state index contributed by atoms with van der Waals surface area (Å²) in [5.74, 6) is 2.40. The lowest BCUT2D eigenvalue weighted by molar-refractivity contribution is 0.00272. The highest BCUT2D eigenvalue weighted by Crippen LogP contribution is 2.19. The largest absolute Gasteiger partial charge is 0.467 e. The molecule has 1 aromatic rings.